The number of aryl methyl sites for hydroxylation is 1. The zero-order chi connectivity index (χ0) is 22.5. The Bertz CT molecular complexity index is 926. The molecule has 2 N–H and O–H groups in total. The average Bonchev–Trinajstić information content (AvgIpc) is 3.13. The number of nitrogens with one attached hydrogen (secondary N) is 2. The number of hydrogen-bond acceptors (Lipinski definition) is 6. The lowest BCUT2D eigenvalue weighted by Gasteiger charge is -2.26. The van der Waals surface area contributed by atoms with E-state index in [0.29, 0.717) is 0 Å². The van der Waals surface area contributed by atoms with Crippen LogP contribution in [0.5, 0.6) is 0 Å². The molecule has 1 aromatic rings. The fraction of sp³-hybridized carbons (Fsp3) is 0.455. The number of carbonyl (C=O) groups excluding carboxylic acids is 4. The number of amides is 3. The minimum absolute atomic E-state index is 0.0466. The lowest BCUT2D eigenvalue weighted by Crippen LogP contribution is -2.50. The van der Waals surface area contributed by atoms with Crippen LogP contribution in [-0.2, 0) is 30.3 Å². The van der Waals surface area contributed by atoms with Crippen LogP contribution < -0.4 is 15.5 Å². The van der Waals surface area contributed by atoms with E-state index in [0.717, 1.165) is 17.7 Å². The summed E-state index contributed by atoms with van der Waals surface area (Å²) >= 11 is 0. The lowest BCUT2D eigenvalue weighted by atomic mass is 10.0. The van der Waals surface area contributed by atoms with Gasteiger partial charge in [-0.1, -0.05) is 25.1 Å². The van der Waals surface area contributed by atoms with Gasteiger partial charge in [-0.2, -0.15) is 0 Å². The molecule has 1 saturated heterocycles. The molecular weight excluding hydrogens is 402 g/mol. The summed E-state index contributed by atoms with van der Waals surface area (Å²) in [6.45, 7) is 5.44. The smallest absolute Gasteiger partial charge is 0.338 e. The molecule has 166 valence electrons. The van der Waals surface area contributed by atoms with Gasteiger partial charge >= 0.3 is 18.0 Å². The molecule has 0 aliphatic carbocycles. The van der Waals surface area contributed by atoms with E-state index in [1.165, 1.54) is 0 Å². The van der Waals surface area contributed by atoms with Gasteiger partial charge in [0.25, 0.3) is 0 Å². The number of para-hydroxylation sites is 1. The molecule has 2 heterocycles. The van der Waals surface area contributed by atoms with Gasteiger partial charge in [0.05, 0.1) is 29.8 Å². The maximum absolute atomic E-state index is 12.7. The Hall–Kier alpha value is -3.36. The first-order valence-electron chi connectivity index (χ1n) is 10.4. The Morgan fingerprint density at radius 1 is 1.16 bits per heavy atom. The van der Waals surface area contributed by atoms with E-state index in [1.807, 2.05) is 31.2 Å². The normalized spacial score (nSPS) is 20.9. The van der Waals surface area contributed by atoms with E-state index >= 15 is 0 Å². The summed E-state index contributed by atoms with van der Waals surface area (Å²) in [5.41, 5.74) is 2.22. The highest BCUT2D eigenvalue weighted by Gasteiger charge is 2.37. The van der Waals surface area contributed by atoms with E-state index in [-0.39, 0.29) is 43.4 Å². The number of ether oxygens (including phenoxy) is 2. The van der Waals surface area contributed by atoms with Gasteiger partial charge in [0.2, 0.25) is 5.91 Å². The van der Waals surface area contributed by atoms with Crippen molar-refractivity contribution in [2.45, 2.75) is 39.7 Å². The van der Waals surface area contributed by atoms with Gasteiger partial charge in [0.15, 0.2) is 0 Å². The molecule has 0 saturated carbocycles. The second-order valence-corrected chi connectivity index (χ2v) is 7.43. The topological polar surface area (TPSA) is 114 Å². The number of esters is 2. The van der Waals surface area contributed by atoms with Crippen LogP contribution in [0, 0.1) is 5.92 Å². The van der Waals surface area contributed by atoms with Gasteiger partial charge in [-0.3, -0.25) is 9.59 Å². The third-order valence-corrected chi connectivity index (χ3v) is 5.35. The first kappa shape index (κ1) is 22.3. The Morgan fingerprint density at radius 2 is 1.90 bits per heavy atom. The minimum atomic E-state index is -0.626. The predicted octanol–water partition coefficient (Wildman–Crippen LogP) is 1.66. The Balaban J connectivity index is 1.70. The van der Waals surface area contributed by atoms with Crippen molar-refractivity contribution in [3.05, 3.63) is 41.1 Å². The van der Waals surface area contributed by atoms with Gasteiger partial charge in [-0.15, -0.1) is 0 Å². The quantitative estimate of drug-likeness (QED) is 0.638. The van der Waals surface area contributed by atoms with Crippen LogP contribution in [0.3, 0.4) is 0 Å². The predicted molar refractivity (Wildman–Crippen MR) is 112 cm³/mol. The fourth-order valence-corrected chi connectivity index (χ4v) is 3.83. The lowest BCUT2D eigenvalue weighted by molar-refractivity contribution is -0.147. The zero-order valence-corrected chi connectivity index (χ0v) is 17.9. The summed E-state index contributed by atoms with van der Waals surface area (Å²) in [4.78, 5) is 50.9. The van der Waals surface area contributed by atoms with Crippen molar-refractivity contribution >= 4 is 29.6 Å². The molecule has 2 atom stereocenters. The minimum Gasteiger partial charge on any atom is -0.463 e. The van der Waals surface area contributed by atoms with Gasteiger partial charge in [0.1, 0.15) is 6.61 Å². The summed E-state index contributed by atoms with van der Waals surface area (Å²) in [6.07, 6.45) is 0.816. The third kappa shape index (κ3) is 4.87. The molecule has 2 unspecified atom stereocenters. The Labute approximate surface area is 180 Å². The number of anilines is 1. The van der Waals surface area contributed by atoms with E-state index in [2.05, 4.69) is 10.6 Å². The van der Waals surface area contributed by atoms with E-state index in [1.54, 1.807) is 18.7 Å². The summed E-state index contributed by atoms with van der Waals surface area (Å²) < 4.78 is 10.4. The SMILES string of the molecule is CCOC(=O)C1=C(COC(=O)C2CC(=O)N(c3ccccc3CC)C2)NC(=O)NC1C. The summed E-state index contributed by atoms with van der Waals surface area (Å²) in [7, 11) is 0. The molecule has 0 bridgehead atoms. The van der Waals surface area contributed by atoms with Crippen LogP contribution in [0.2, 0.25) is 0 Å². The van der Waals surface area contributed by atoms with E-state index in [9.17, 15) is 19.2 Å². The molecule has 1 fully saturated rings. The standard InChI is InChI=1S/C22H27N3O6/c1-4-14-8-6-7-9-17(14)25-11-15(10-18(25)26)20(27)31-12-16-19(21(28)30-5-2)13(3)23-22(29)24-16/h6-9,13,15H,4-5,10-12H2,1-3H3,(H2,23,24,29). The van der Waals surface area contributed by atoms with Crippen LogP contribution in [0.25, 0.3) is 0 Å². The van der Waals surface area contributed by atoms with E-state index in [4.69, 9.17) is 9.47 Å². The molecule has 0 aromatic heterocycles. The molecule has 0 spiro atoms. The summed E-state index contributed by atoms with van der Waals surface area (Å²) in [6, 6.07) is 6.52. The number of rotatable bonds is 7. The Morgan fingerprint density at radius 3 is 2.61 bits per heavy atom. The van der Waals surface area contributed by atoms with Crippen LogP contribution in [0.1, 0.15) is 32.8 Å². The van der Waals surface area contributed by atoms with E-state index < -0.39 is 29.9 Å². The number of carbonyl (C=O) groups is 4. The second kappa shape index (κ2) is 9.63. The average molecular weight is 429 g/mol. The fourth-order valence-electron chi connectivity index (χ4n) is 3.83. The highest BCUT2D eigenvalue weighted by molar-refractivity contribution is 6.00. The van der Waals surface area contributed by atoms with Gasteiger partial charge in [0, 0.05) is 18.7 Å². The number of urea groups is 1. The maximum Gasteiger partial charge on any atom is 0.338 e. The van der Waals surface area contributed by atoms with Crippen LogP contribution in [0.15, 0.2) is 35.5 Å². The molecule has 9 nitrogen and oxygen atoms in total. The summed E-state index contributed by atoms with van der Waals surface area (Å²) in [5.74, 6) is -1.91. The molecule has 2 aliphatic heterocycles. The molecule has 3 amide bonds. The van der Waals surface area contributed by atoms with Crippen LogP contribution in [-0.4, -0.2) is 49.7 Å². The first-order chi connectivity index (χ1) is 14.8. The van der Waals surface area contributed by atoms with Crippen molar-refractivity contribution in [1.29, 1.82) is 0 Å². The first-order valence-corrected chi connectivity index (χ1v) is 10.4. The molecule has 1 aromatic carbocycles. The molecule has 31 heavy (non-hydrogen) atoms. The largest absolute Gasteiger partial charge is 0.463 e. The molecule has 0 radical (unpaired) electrons. The molecule has 9 heteroatoms. The highest BCUT2D eigenvalue weighted by atomic mass is 16.5. The zero-order valence-electron chi connectivity index (χ0n) is 17.9. The van der Waals surface area contributed by atoms with Crippen molar-refractivity contribution in [2.24, 2.45) is 5.92 Å². The van der Waals surface area contributed by atoms with Crippen molar-refractivity contribution in [3.63, 3.8) is 0 Å². The third-order valence-electron chi connectivity index (χ3n) is 5.35. The molecular formula is C22H27N3O6. The van der Waals surface area contributed by atoms with Crippen molar-refractivity contribution in [2.75, 3.05) is 24.7 Å². The van der Waals surface area contributed by atoms with Gasteiger partial charge in [-0.25, -0.2) is 9.59 Å². The monoisotopic (exact) mass is 429 g/mol. The number of benzene rings is 1. The Kier molecular flexibility index (Phi) is 6.94. The summed E-state index contributed by atoms with van der Waals surface area (Å²) in [5, 5.41) is 5.10. The number of nitrogens with zero attached hydrogens (tertiary/aromatic N) is 1. The highest BCUT2D eigenvalue weighted by Crippen LogP contribution is 2.29. The molecule has 2 aliphatic rings. The molecule has 3 rings (SSSR count). The number of hydrogen-bond donors (Lipinski definition) is 2. The van der Waals surface area contributed by atoms with Gasteiger partial charge < -0.3 is 25.0 Å². The maximum atomic E-state index is 12.7. The van der Waals surface area contributed by atoms with Crippen LogP contribution in [0.4, 0.5) is 10.5 Å². The van der Waals surface area contributed by atoms with Crippen molar-refractivity contribution < 1.29 is 28.7 Å². The second-order valence-electron chi connectivity index (χ2n) is 7.43. The van der Waals surface area contributed by atoms with Crippen molar-refractivity contribution in [3.8, 4) is 0 Å². The van der Waals surface area contributed by atoms with Gasteiger partial charge in [-0.05, 0) is 31.9 Å². The van der Waals surface area contributed by atoms with Crippen LogP contribution >= 0.6 is 0 Å². The van der Waals surface area contributed by atoms with Crippen molar-refractivity contribution in [1.82, 2.24) is 10.6 Å².